The van der Waals surface area contributed by atoms with Crippen molar-refractivity contribution in [2.75, 3.05) is 32.5 Å². The fourth-order valence-electron chi connectivity index (χ4n) is 10.6. The van der Waals surface area contributed by atoms with Crippen molar-refractivity contribution in [1.29, 1.82) is 0 Å². The van der Waals surface area contributed by atoms with Crippen LogP contribution in [0.1, 0.15) is 146 Å². The lowest BCUT2D eigenvalue weighted by molar-refractivity contribution is -0.149. The molecule has 1 fully saturated rings. The van der Waals surface area contributed by atoms with E-state index in [-0.39, 0.29) is 91.7 Å². The molecule has 8 unspecified atom stereocenters. The van der Waals surface area contributed by atoms with Crippen molar-refractivity contribution in [3.05, 3.63) is 124 Å². The number of piperidine rings is 1. The summed E-state index contributed by atoms with van der Waals surface area (Å²) in [6.07, 6.45) is 25.8. The molecular weight excluding hydrogens is 1190 g/mol. The number of aromatic hydroxyl groups is 2. The van der Waals surface area contributed by atoms with Crippen LogP contribution in [-0.2, 0) is 46.5 Å². The van der Waals surface area contributed by atoms with Crippen LogP contribution in [0.5, 0.6) is 11.8 Å². The van der Waals surface area contributed by atoms with E-state index in [9.17, 15) is 53.7 Å². The Morgan fingerprint density at radius 2 is 1.57 bits per heavy atom. The van der Waals surface area contributed by atoms with Crippen LogP contribution in [-0.4, -0.2) is 140 Å². The van der Waals surface area contributed by atoms with Crippen molar-refractivity contribution in [3.63, 3.8) is 0 Å². The zero-order valence-electron chi connectivity index (χ0n) is 53.0. The van der Waals surface area contributed by atoms with Crippen molar-refractivity contribution >= 4 is 76.3 Å². The number of nitrogens with two attached hydrogens (primary N) is 1. The lowest BCUT2D eigenvalue weighted by Crippen LogP contribution is -2.58. The lowest BCUT2D eigenvalue weighted by Gasteiger charge is -2.38. The second-order valence-corrected chi connectivity index (χ2v) is 25.3. The molecule has 0 radical (unpaired) electrons. The minimum atomic E-state index is -1.06. The van der Waals surface area contributed by atoms with E-state index in [1.54, 1.807) is 36.2 Å². The molecule has 1 aliphatic carbocycles. The van der Waals surface area contributed by atoms with Crippen LogP contribution in [0.2, 0.25) is 0 Å². The number of nitrogens with zero attached hydrogens (tertiary/aromatic N) is 4. The molecule has 22 nitrogen and oxygen atoms in total. The van der Waals surface area contributed by atoms with Gasteiger partial charge in [0.1, 0.15) is 22.8 Å². The summed E-state index contributed by atoms with van der Waals surface area (Å²) in [7, 11) is 3.61. The van der Waals surface area contributed by atoms with E-state index in [2.05, 4.69) is 31.6 Å². The molecule has 10 N–H and O–H groups in total. The van der Waals surface area contributed by atoms with E-state index in [1.807, 2.05) is 106 Å². The molecule has 90 heavy (non-hydrogen) atoms. The average Bonchev–Trinajstić information content (AvgIpc) is 1.76. The summed E-state index contributed by atoms with van der Waals surface area (Å²) in [5, 5.41) is 47.8. The van der Waals surface area contributed by atoms with Gasteiger partial charge in [-0.2, -0.15) is 0 Å². The number of unbranched alkanes of at least 4 members (excludes halogenated alkanes) is 2. The number of likely N-dealkylation sites (tertiary alicyclic amines) is 1. The number of anilines is 1. The number of carbonyl (C=O) groups excluding carboxylic acids is 7. The van der Waals surface area contributed by atoms with Crippen LogP contribution in [0.4, 0.5) is 10.5 Å². The maximum atomic E-state index is 14.4. The fraction of sp³-hybridized carbons (Fsp3) is 0.500. The maximum Gasteiger partial charge on any atom is 0.312 e. The molecule has 0 bridgehead atoms. The van der Waals surface area contributed by atoms with Gasteiger partial charge in [-0.25, -0.2) is 9.78 Å². The number of esters is 1. The van der Waals surface area contributed by atoms with Gasteiger partial charge in [0, 0.05) is 74.0 Å². The van der Waals surface area contributed by atoms with E-state index in [0.717, 1.165) is 35.6 Å². The molecule has 2 aromatic heterocycles. The Kier molecular flexibility index (Phi) is 30.1. The summed E-state index contributed by atoms with van der Waals surface area (Å²) < 4.78 is 7.26. The molecule has 0 saturated carbocycles. The third-order valence-corrected chi connectivity index (χ3v) is 17.9. The number of carboxylic acid groups (broad SMARTS) is 1. The van der Waals surface area contributed by atoms with Gasteiger partial charge in [-0.15, -0.1) is 11.3 Å². The van der Waals surface area contributed by atoms with Gasteiger partial charge in [0.2, 0.25) is 29.5 Å². The Balaban J connectivity index is 1.20. The number of rotatable bonds is 33. The zero-order valence-corrected chi connectivity index (χ0v) is 54.7. The van der Waals surface area contributed by atoms with Gasteiger partial charge in [-0.05, 0) is 107 Å². The normalized spacial score (nSPS) is 16.6. The molecule has 5 rings (SSSR count). The standard InChI is InChI=1S/C66H92N10O12S2/c1-9-43(4)58(73-61(82)52-28-21-23-35-74(52)7)64(84)75(8)53(42(2)3)39-54(88-45(6)77)62-72-51(41-89-62)60(81)70-48(37-44(5)65(85)86)38-46-30-32-47(33-31-46)69-59(80)50(27-24-34-68-66(67)87)71-56(78)29-20-17-22-36-76-57(79)40-55(63(76)83)90-49-25-18-15-13-11-10-12-14-16-19-26-49/h10-16,18-19,25-26,30-33,40-44,48,50,52-54,58,79,83H,9,17,20-24,27-29,34-39H2,1-8H3,(H,69,80)(H,70,81)(H,71,78)(H,73,82)(H,85,86)(H3,67,68,87). The van der Waals surface area contributed by atoms with Crippen molar-refractivity contribution in [2.45, 2.75) is 173 Å². The zero-order chi connectivity index (χ0) is 65.9. The topological polar surface area (TPSA) is 317 Å². The molecule has 3 aromatic rings. The number of aliphatic carboxylic acids is 1. The van der Waals surface area contributed by atoms with Crippen molar-refractivity contribution in [3.8, 4) is 11.8 Å². The number of aromatic nitrogens is 2. The minimum Gasteiger partial charge on any atom is -0.494 e. The molecule has 8 atom stereocenters. The third kappa shape index (κ3) is 23.8. The molecule has 2 aliphatic rings. The number of thiazole rings is 1. The maximum absolute atomic E-state index is 14.4. The van der Waals surface area contributed by atoms with Crippen LogP contribution >= 0.6 is 23.1 Å². The lowest BCUT2D eigenvalue weighted by atomic mass is 9.92. The predicted molar refractivity (Wildman–Crippen MR) is 350 cm³/mol. The Bertz CT molecular complexity index is 3090. The molecule has 3 heterocycles. The number of thioether (sulfide) groups is 1. The first-order valence-corrected chi connectivity index (χ1v) is 32.7. The summed E-state index contributed by atoms with van der Waals surface area (Å²) >= 11 is 2.42. The minimum absolute atomic E-state index is 0.0168. The molecule has 1 saturated heterocycles. The number of ether oxygens (including phenoxy) is 1. The highest BCUT2D eigenvalue weighted by molar-refractivity contribution is 8.03. The second kappa shape index (κ2) is 37.3. The van der Waals surface area contributed by atoms with Crippen LogP contribution in [0, 0.1) is 17.8 Å². The summed E-state index contributed by atoms with van der Waals surface area (Å²) in [6.45, 7) is 11.9. The van der Waals surface area contributed by atoms with Crippen LogP contribution in [0.3, 0.4) is 0 Å². The Morgan fingerprint density at radius 3 is 2.21 bits per heavy atom. The number of carboxylic acids is 1. The largest absolute Gasteiger partial charge is 0.494 e. The number of amides is 7. The smallest absolute Gasteiger partial charge is 0.312 e. The van der Waals surface area contributed by atoms with Crippen molar-refractivity contribution in [2.24, 2.45) is 23.5 Å². The first-order valence-electron chi connectivity index (χ1n) is 31.0. The fourth-order valence-corrected chi connectivity index (χ4v) is 12.3. The molecule has 0 spiro atoms. The summed E-state index contributed by atoms with van der Waals surface area (Å²) in [6, 6.07) is 4.25. The summed E-state index contributed by atoms with van der Waals surface area (Å²) in [5.41, 5.74) is 6.37. The number of hydrogen-bond acceptors (Lipinski definition) is 15. The number of likely N-dealkylation sites (N-methyl/N-ethyl adjacent to an activating group) is 2. The number of carbonyl (C=O) groups is 8. The molecule has 7 amide bonds. The van der Waals surface area contributed by atoms with Crippen molar-refractivity contribution in [1.82, 2.24) is 40.6 Å². The molecule has 24 heteroatoms. The van der Waals surface area contributed by atoms with Gasteiger partial charge < -0.3 is 57.3 Å². The number of benzene rings is 1. The molecular formula is C66H92N10O12S2. The van der Waals surface area contributed by atoms with E-state index < -0.39 is 66.0 Å². The monoisotopic (exact) mass is 1280 g/mol. The van der Waals surface area contributed by atoms with Gasteiger partial charge in [-0.3, -0.25) is 43.0 Å². The first kappa shape index (κ1) is 72.8. The first-order chi connectivity index (χ1) is 42.9. The van der Waals surface area contributed by atoms with Gasteiger partial charge in [-0.1, -0.05) is 132 Å². The molecule has 490 valence electrons. The highest BCUT2D eigenvalue weighted by atomic mass is 32.2. The van der Waals surface area contributed by atoms with Gasteiger partial charge in [0.05, 0.1) is 16.9 Å². The van der Waals surface area contributed by atoms with Gasteiger partial charge in [0.25, 0.3) is 5.91 Å². The predicted octanol–water partition coefficient (Wildman–Crippen LogP) is 9.20. The quantitative estimate of drug-likeness (QED) is 0.0203. The third-order valence-electron chi connectivity index (χ3n) is 15.9. The summed E-state index contributed by atoms with van der Waals surface area (Å²) in [4.78, 5) is 115. The Labute approximate surface area is 537 Å². The number of nitrogens with one attached hydrogen (secondary N) is 5. The second-order valence-electron chi connectivity index (χ2n) is 23.3. The Morgan fingerprint density at radius 1 is 0.878 bits per heavy atom. The van der Waals surface area contributed by atoms with Gasteiger partial charge in [0.15, 0.2) is 12.0 Å². The van der Waals surface area contributed by atoms with Crippen LogP contribution in [0.25, 0.3) is 0 Å². The average molecular weight is 1280 g/mol. The highest BCUT2D eigenvalue weighted by Crippen LogP contribution is 2.40. The number of allylic oxidation sites excluding steroid dienone is 11. The highest BCUT2D eigenvalue weighted by Gasteiger charge is 2.38. The van der Waals surface area contributed by atoms with E-state index >= 15 is 0 Å². The van der Waals surface area contributed by atoms with Crippen molar-refractivity contribution < 1.29 is 58.4 Å². The van der Waals surface area contributed by atoms with E-state index in [0.29, 0.717) is 66.2 Å². The van der Waals surface area contributed by atoms with E-state index in [4.69, 9.17) is 10.5 Å². The SMILES string of the molecule is CCC(C)C(NC(=O)C1CCCCN1C)C(=O)N(C)C(CC(OC(C)=O)c1nc(C(=O)NC(Cc2ccc(NC(=O)C(CCCNC(N)=O)NC(=O)CCCCCn3c(O)cc(SC4=CC=CC=CC=CC=CC=C4)c3O)cc2)CC(C)C(=O)O)cs1)C(C)C. The summed E-state index contributed by atoms with van der Waals surface area (Å²) in [5.74, 6) is -4.89. The number of primary amides is 1. The molecule has 1 aliphatic heterocycles. The number of urea groups is 1. The van der Waals surface area contributed by atoms with E-state index in [1.165, 1.54) is 41.6 Å². The number of hydrogen-bond donors (Lipinski definition) is 9. The molecule has 1 aromatic carbocycles. The van der Waals surface area contributed by atoms with Gasteiger partial charge >= 0.3 is 18.0 Å². The van der Waals surface area contributed by atoms with Crippen LogP contribution in [0.15, 0.2) is 112 Å². The Hall–Kier alpha value is -7.96. The van der Waals surface area contributed by atoms with Crippen LogP contribution < -0.4 is 32.3 Å².